The molecule has 0 aromatic carbocycles. The molecule has 1 rings (SSSR count). The molecule has 0 saturated carbocycles. The fourth-order valence-corrected chi connectivity index (χ4v) is 0.588. The Balaban J connectivity index is 2.25. The largest absolute Gasteiger partial charge is 0.228 e. The summed E-state index contributed by atoms with van der Waals surface area (Å²) in [5.74, 6) is 0. The normalized spacial score (nSPS) is 22.6. The van der Waals surface area contributed by atoms with E-state index in [1.54, 1.807) is 0 Å². The summed E-state index contributed by atoms with van der Waals surface area (Å²) in [6.07, 6.45) is 0. The summed E-state index contributed by atoms with van der Waals surface area (Å²) in [5, 5.41) is 3.99. The molecular formula is C4H8N2O+. The van der Waals surface area contributed by atoms with Crippen LogP contribution >= 0.6 is 0 Å². The van der Waals surface area contributed by atoms with E-state index >= 15 is 0 Å². The van der Waals surface area contributed by atoms with Gasteiger partial charge >= 0.3 is 0 Å². The first-order valence-corrected chi connectivity index (χ1v) is 2.45. The highest BCUT2D eigenvalue weighted by Crippen LogP contribution is 1.79. The van der Waals surface area contributed by atoms with Gasteiger partial charge in [-0.25, -0.2) is 5.32 Å². The summed E-state index contributed by atoms with van der Waals surface area (Å²) in [6.45, 7) is 2.65. The zero-order valence-electron chi connectivity index (χ0n) is 4.13. The minimum absolute atomic E-state index is 0.597. The van der Waals surface area contributed by atoms with Gasteiger partial charge in [-0.1, -0.05) is 0 Å². The summed E-state index contributed by atoms with van der Waals surface area (Å²) >= 11 is 0. The van der Waals surface area contributed by atoms with Gasteiger partial charge in [0.2, 0.25) is 13.1 Å². The van der Waals surface area contributed by atoms with E-state index in [0.717, 1.165) is 17.8 Å². The van der Waals surface area contributed by atoms with Crippen LogP contribution in [0.4, 0.5) is 0 Å². The number of nitroso groups, excluding NO2 is 1. The molecule has 0 aromatic rings. The van der Waals surface area contributed by atoms with Crippen molar-refractivity contribution in [3.63, 3.8) is 0 Å². The average Bonchev–Trinajstić information content (AvgIpc) is 1.69. The third-order valence-corrected chi connectivity index (χ3v) is 1.02. The molecule has 7 heavy (non-hydrogen) atoms. The molecule has 0 unspecified atom stereocenters. The van der Waals surface area contributed by atoms with Crippen molar-refractivity contribution in [3.8, 4) is 0 Å². The van der Waals surface area contributed by atoms with Crippen molar-refractivity contribution in [2.45, 2.75) is 0 Å². The fraction of sp³-hybridized carbons (Fsp3) is 1.00. The monoisotopic (exact) mass is 100 g/mol. The molecule has 1 radical (unpaired) electrons. The SMILES string of the molecule is O=[N+]1CC[N]CC1. The summed E-state index contributed by atoms with van der Waals surface area (Å²) in [5.41, 5.74) is 0. The van der Waals surface area contributed by atoms with E-state index in [2.05, 4.69) is 5.32 Å². The van der Waals surface area contributed by atoms with E-state index in [1.807, 2.05) is 0 Å². The van der Waals surface area contributed by atoms with Crippen LogP contribution in [0.2, 0.25) is 0 Å². The third-order valence-electron chi connectivity index (χ3n) is 1.02. The van der Waals surface area contributed by atoms with Crippen molar-refractivity contribution in [1.29, 1.82) is 0 Å². The highest BCUT2D eigenvalue weighted by Gasteiger charge is 2.12. The maximum Gasteiger partial charge on any atom is 0.206 e. The lowest BCUT2D eigenvalue weighted by atomic mass is 10.4. The molecule has 1 aliphatic heterocycles. The molecular weight excluding hydrogens is 92.1 g/mol. The number of nitrogens with zero attached hydrogens (tertiary/aromatic N) is 2. The summed E-state index contributed by atoms with van der Waals surface area (Å²) in [6, 6.07) is 0. The van der Waals surface area contributed by atoms with E-state index in [4.69, 9.17) is 0 Å². The van der Waals surface area contributed by atoms with Gasteiger partial charge < -0.3 is 0 Å². The molecule has 0 aromatic heterocycles. The first-order valence-electron chi connectivity index (χ1n) is 2.45. The van der Waals surface area contributed by atoms with Gasteiger partial charge in [0.15, 0.2) is 0 Å². The van der Waals surface area contributed by atoms with Crippen molar-refractivity contribution in [1.82, 2.24) is 5.32 Å². The van der Waals surface area contributed by atoms with Crippen molar-refractivity contribution in [3.05, 3.63) is 4.91 Å². The Bertz CT molecular complexity index is 73.8. The molecule has 1 heterocycles. The molecule has 0 bridgehead atoms. The number of rotatable bonds is 0. The predicted molar refractivity (Wildman–Crippen MR) is 25.2 cm³/mol. The fourth-order valence-electron chi connectivity index (χ4n) is 0.588. The zero-order chi connectivity index (χ0) is 5.11. The molecule has 0 atom stereocenters. The van der Waals surface area contributed by atoms with Gasteiger partial charge in [-0.15, -0.1) is 0 Å². The van der Waals surface area contributed by atoms with Crippen LogP contribution in [0.25, 0.3) is 0 Å². The molecule has 0 N–H and O–H groups in total. The zero-order valence-corrected chi connectivity index (χ0v) is 4.13. The van der Waals surface area contributed by atoms with Crippen molar-refractivity contribution in [2.24, 2.45) is 0 Å². The van der Waals surface area contributed by atoms with Crippen LogP contribution in [0.1, 0.15) is 0 Å². The first kappa shape index (κ1) is 4.71. The van der Waals surface area contributed by atoms with Crippen LogP contribution < -0.4 is 5.32 Å². The van der Waals surface area contributed by atoms with Crippen molar-refractivity contribution in [2.75, 3.05) is 26.2 Å². The highest BCUT2D eigenvalue weighted by molar-refractivity contribution is 4.47. The number of piperazine rings is 1. The molecule has 1 saturated heterocycles. The topological polar surface area (TPSA) is 34.2 Å². The van der Waals surface area contributed by atoms with Gasteiger partial charge in [-0.2, -0.15) is 0 Å². The molecule has 1 aliphatic rings. The third kappa shape index (κ3) is 1.23. The molecule has 3 heteroatoms. The Kier molecular flexibility index (Phi) is 1.36. The van der Waals surface area contributed by atoms with Crippen molar-refractivity contribution >= 4 is 0 Å². The maximum atomic E-state index is 10.3. The standard InChI is InChI=1S/C4H8N2O/c7-6-3-1-5-2-4-6/h1-4H2/q+1. The number of hydrogen-bond donors (Lipinski definition) is 0. The van der Waals surface area contributed by atoms with E-state index in [1.165, 1.54) is 0 Å². The maximum absolute atomic E-state index is 10.3. The molecule has 0 spiro atoms. The lowest BCUT2D eigenvalue weighted by Crippen LogP contribution is -2.31. The van der Waals surface area contributed by atoms with Gasteiger partial charge in [-0.3, -0.25) is 0 Å². The van der Waals surface area contributed by atoms with E-state index < -0.39 is 0 Å². The van der Waals surface area contributed by atoms with E-state index in [-0.39, 0.29) is 0 Å². The van der Waals surface area contributed by atoms with Crippen LogP contribution in [-0.2, 0) is 0 Å². The van der Waals surface area contributed by atoms with Gasteiger partial charge in [0.05, 0.1) is 13.1 Å². The van der Waals surface area contributed by atoms with Crippen LogP contribution in [0.3, 0.4) is 0 Å². The number of hydrogen-bond acceptors (Lipinski definition) is 1. The van der Waals surface area contributed by atoms with Gasteiger partial charge in [0, 0.05) is 9.67 Å². The average molecular weight is 100 g/mol. The van der Waals surface area contributed by atoms with Crippen LogP contribution in [-0.4, -0.2) is 30.9 Å². The smallest absolute Gasteiger partial charge is 0.206 e. The Labute approximate surface area is 42.3 Å². The Morgan fingerprint density at radius 2 is 1.86 bits per heavy atom. The lowest BCUT2D eigenvalue weighted by molar-refractivity contribution is -0.553. The van der Waals surface area contributed by atoms with Gasteiger partial charge in [-0.05, 0) is 0 Å². The van der Waals surface area contributed by atoms with Crippen LogP contribution in [0.5, 0.6) is 0 Å². The minimum Gasteiger partial charge on any atom is -0.228 e. The Morgan fingerprint density at radius 1 is 1.29 bits per heavy atom. The quantitative estimate of drug-likeness (QED) is 0.374. The Morgan fingerprint density at radius 3 is 2.14 bits per heavy atom. The second-order valence-corrected chi connectivity index (χ2v) is 1.60. The van der Waals surface area contributed by atoms with Gasteiger partial charge in [0.1, 0.15) is 0 Å². The molecule has 0 aliphatic carbocycles. The minimum atomic E-state index is 0.597. The van der Waals surface area contributed by atoms with Crippen molar-refractivity contribution < 1.29 is 4.76 Å². The Hall–Kier alpha value is -0.440. The van der Waals surface area contributed by atoms with Crippen LogP contribution in [0, 0.1) is 4.91 Å². The van der Waals surface area contributed by atoms with E-state index in [9.17, 15) is 4.91 Å². The molecule has 0 amide bonds. The molecule has 39 valence electrons. The lowest BCUT2D eigenvalue weighted by Gasteiger charge is -2.00. The van der Waals surface area contributed by atoms with E-state index in [0.29, 0.717) is 13.1 Å². The summed E-state index contributed by atoms with van der Waals surface area (Å²) in [4.78, 5) is 10.3. The second kappa shape index (κ2) is 2.02. The second-order valence-electron chi connectivity index (χ2n) is 1.60. The molecule has 3 nitrogen and oxygen atoms in total. The summed E-state index contributed by atoms with van der Waals surface area (Å²) < 4.78 is 1.05. The molecule has 1 fully saturated rings. The summed E-state index contributed by atoms with van der Waals surface area (Å²) in [7, 11) is 0. The van der Waals surface area contributed by atoms with Crippen LogP contribution in [0.15, 0.2) is 0 Å². The highest BCUT2D eigenvalue weighted by atomic mass is 16.3. The predicted octanol–water partition coefficient (Wildman–Crippen LogP) is -0.617. The van der Waals surface area contributed by atoms with Gasteiger partial charge in [0.25, 0.3) is 0 Å². The first-order chi connectivity index (χ1) is 3.39.